The maximum Gasteiger partial charge on any atom is 0.256 e. The summed E-state index contributed by atoms with van der Waals surface area (Å²) in [6.45, 7) is 3.63. The number of halogens is 2. The lowest BCUT2D eigenvalue weighted by Gasteiger charge is -2.09. The van der Waals surface area contributed by atoms with Gasteiger partial charge in [0.1, 0.15) is 5.82 Å². The maximum absolute atomic E-state index is 13.4. The van der Waals surface area contributed by atoms with Gasteiger partial charge in [-0.25, -0.2) is 4.39 Å². The van der Waals surface area contributed by atoms with Gasteiger partial charge in [-0.15, -0.1) is 0 Å². The van der Waals surface area contributed by atoms with Gasteiger partial charge in [-0.1, -0.05) is 18.2 Å². The molecule has 0 aliphatic carbocycles. The van der Waals surface area contributed by atoms with Crippen LogP contribution < -0.4 is 5.32 Å². The summed E-state index contributed by atoms with van der Waals surface area (Å²) < 4.78 is 14.3. The Morgan fingerprint density at radius 2 is 1.89 bits per heavy atom. The van der Waals surface area contributed by atoms with Gasteiger partial charge < -0.3 is 5.32 Å². The zero-order valence-electron chi connectivity index (χ0n) is 10.6. The summed E-state index contributed by atoms with van der Waals surface area (Å²) >= 11 is 2.14. The van der Waals surface area contributed by atoms with E-state index in [1.807, 2.05) is 19.1 Å². The molecule has 2 aromatic carbocycles. The molecule has 4 heteroatoms. The molecule has 0 radical (unpaired) electrons. The van der Waals surface area contributed by atoms with Gasteiger partial charge in [-0.2, -0.15) is 0 Å². The molecular formula is C15H13FINO. The van der Waals surface area contributed by atoms with E-state index in [1.54, 1.807) is 25.1 Å². The van der Waals surface area contributed by atoms with E-state index < -0.39 is 0 Å². The number of carbonyl (C=O) groups is 1. The van der Waals surface area contributed by atoms with Crippen molar-refractivity contribution in [1.82, 2.24) is 0 Å². The topological polar surface area (TPSA) is 29.1 Å². The first-order valence-electron chi connectivity index (χ1n) is 5.81. The Kier molecular flexibility index (Phi) is 4.19. The van der Waals surface area contributed by atoms with Gasteiger partial charge in [-0.05, 0) is 65.8 Å². The third kappa shape index (κ3) is 3.12. The van der Waals surface area contributed by atoms with Crippen LogP contribution in [0.3, 0.4) is 0 Å². The van der Waals surface area contributed by atoms with Crippen molar-refractivity contribution in [3.05, 3.63) is 62.5 Å². The molecule has 0 aromatic heterocycles. The molecule has 98 valence electrons. The fraction of sp³-hybridized carbons (Fsp3) is 0.133. The normalized spacial score (nSPS) is 10.3. The zero-order valence-corrected chi connectivity index (χ0v) is 12.8. The van der Waals surface area contributed by atoms with E-state index in [1.165, 1.54) is 6.07 Å². The Morgan fingerprint density at radius 3 is 2.58 bits per heavy atom. The first-order valence-corrected chi connectivity index (χ1v) is 6.89. The highest BCUT2D eigenvalue weighted by Gasteiger charge is 2.11. The highest BCUT2D eigenvalue weighted by molar-refractivity contribution is 14.1. The molecule has 0 fully saturated rings. The van der Waals surface area contributed by atoms with Crippen LogP contribution in [0.25, 0.3) is 0 Å². The lowest BCUT2D eigenvalue weighted by Crippen LogP contribution is -2.14. The van der Waals surface area contributed by atoms with Crippen LogP contribution in [-0.4, -0.2) is 5.91 Å². The largest absolute Gasteiger partial charge is 0.322 e. The van der Waals surface area contributed by atoms with Crippen molar-refractivity contribution in [2.45, 2.75) is 13.8 Å². The van der Waals surface area contributed by atoms with E-state index in [4.69, 9.17) is 0 Å². The number of benzene rings is 2. The van der Waals surface area contributed by atoms with Crippen molar-refractivity contribution in [3.8, 4) is 0 Å². The van der Waals surface area contributed by atoms with Crippen LogP contribution in [0, 0.1) is 23.2 Å². The third-order valence-corrected chi connectivity index (χ3v) is 4.30. The van der Waals surface area contributed by atoms with E-state index in [9.17, 15) is 9.18 Å². The van der Waals surface area contributed by atoms with Gasteiger partial charge in [0, 0.05) is 9.26 Å². The molecule has 0 unspecified atom stereocenters. The molecule has 0 atom stereocenters. The van der Waals surface area contributed by atoms with Crippen molar-refractivity contribution >= 4 is 34.2 Å². The van der Waals surface area contributed by atoms with E-state index >= 15 is 0 Å². The van der Waals surface area contributed by atoms with Gasteiger partial charge in [0.05, 0.1) is 5.56 Å². The summed E-state index contributed by atoms with van der Waals surface area (Å²) in [5.74, 6) is -0.548. The third-order valence-electron chi connectivity index (χ3n) is 2.87. The number of hydrogen-bond acceptors (Lipinski definition) is 1. The van der Waals surface area contributed by atoms with Gasteiger partial charge in [-0.3, -0.25) is 4.79 Å². The summed E-state index contributed by atoms with van der Waals surface area (Å²) in [7, 11) is 0. The summed E-state index contributed by atoms with van der Waals surface area (Å²) in [6, 6.07) is 10.2. The van der Waals surface area contributed by atoms with Crippen molar-refractivity contribution in [1.29, 1.82) is 0 Å². The highest BCUT2D eigenvalue weighted by atomic mass is 127. The van der Waals surface area contributed by atoms with Gasteiger partial charge in [0.15, 0.2) is 0 Å². The summed E-state index contributed by atoms with van der Waals surface area (Å²) in [5, 5.41) is 2.71. The highest BCUT2D eigenvalue weighted by Crippen LogP contribution is 2.19. The van der Waals surface area contributed by atoms with Gasteiger partial charge in [0.25, 0.3) is 5.91 Å². The fourth-order valence-corrected chi connectivity index (χ4v) is 2.30. The van der Waals surface area contributed by atoms with Crippen LogP contribution in [0.2, 0.25) is 0 Å². The van der Waals surface area contributed by atoms with Crippen molar-refractivity contribution in [3.63, 3.8) is 0 Å². The molecule has 0 saturated heterocycles. The Morgan fingerprint density at radius 1 is 1.16 bits per heavy atom. The predicted octanol–water partition coefficient (Wildman–Crippen LogP) is 4.30. The molecule has 1 N–H and O–H groups in total. The fourth-order valence-electron chi connectivity index (χ4n) is 1.69. The van der Waals surface area contributed by atoms with Crippen molar-refractivity contribution in [2.24, 2.45) is 0 Å². The second kappa shape index (κ2) is 5.69. The SMILES string of the molecule is Cc1ccc(NC(=O)c2cccc(C)c2I)cc1F. The monoisotopic (exact) mass is 369 g/mol. The van der Waals surface area contributed by atoms with E-state index in [-0.39, 0.29) is 11.7 Å². The number of nitrogens with one attached hydrogen (secondary N) is 1. The van der Waals surface area contributed by atoms with Crippen LogP contribution in [0.4, 0.5) is 10.1 Å². The molecule has 1 amide bonds. The van der Waals surface area contributed by atoms with Crippen LogP contribution in [0.15, 0.2) is 36.4 Å². The number of aryl methyl sites for hydroxylation is 2. The molecule has 0 bridgehead atoms. The van der Waals surface area contributed by atoms with Crippen molar-refractivity contribution < 1.29 is 9.18 Å². The van der Waals surface area contributed by atoms with E-state index in [0.29, 0.717) is 16.8 Å². The summed E-state index contributed by atoms with van der Waals surface area (Å²) in [4.78, 5) is 12.1. The van der Waals surface area contributed by atoms with Crippen LogP contribution in [0.5, 0.6) is 0 Å². The molecule has 19 heavy (non-hydrogen) atoms. The molecule has 2 aromatic rings. The summed E-state index contributed by atoms with van der Waals surface area (Å²) in [5.41, 5.74) is 2.67. The first kappa shape index (κ1) is 14.0. The van der Waals surface area contributed by atoms with Crippen molar-refractivity contribution in [2.75, 3.05) is 5.32 Å². The average molecular weight is 369 g/mol. The number of amides is 1. The molecule has 0 spiro atoms. The Balaban J connectivity index is 2.26. The lowest BCUT2D eigenvalue weighted by molar-refractivity contribution is 0.102. The predicted molar refractivity (Wildman–Crippen MR) is 83.0 cm³/mol. The Bertz CT molecular complexity index is 640. The minimum atomic E-state index is -0.322. The van der Waals surface area contributed by atoms with Crippen LogP contribution in [-0.2, 0) is 0 Å². The summed E-state index contributed by atoms with van der Waals surface area (Å²) in [6.07, 6.45) is 0. The molecule has 2 nitrogen and oxygen atoms in total. The molecule has 0 aliphatic heterocycles. The Hall–Kier alpha value is -1.43. The lowest BCUT2D eigenvalue weighted by atomic mass is 10.1. The number of carbonyl (C=O) groups excluding carboxylic acids is 1. The molecule has 0 aliphatic rings. The molecule has 0 heterocycles. The molecule has 0 saturated carbocycles. The first-order chi connectivity index (χ1) is 8.99. The quantitative estimate of drug-likeness (QED) is 0.786. The molecule has 2 rings (SSSR count). The zero-order chi connectivity index (χ0) is 14.0. The number of hydrogen-bond donors (Lipinski definition) is 1. The minimum Gasteiger partial charge on any atom is -0.322 e. The van der Waals surface area contributed by atoms with Gasteiger partial charge >= 0.3 is 0 Å². The van der Waals surface area contributed by atoms with Crippen LogP contribution in [0.1, 0.15) is 21.5 Å². The number of rotatable bonds is 2. The van der Waals surface area contributed by atoms with E-state index in [0.717, 1.165) is 9.13 Å². The smallest absolute Gasteiger partial charge is 0.256 e. The van der Waals surface area contributed by atoms with E-state index in [2.05, 4.69) is 27.9 Å². The van der Waals surface area contributed by atoms with Crippen LogP contribution >= 0.6 is 22.6 Å². The average Bonchev–Trinajstić information content (AvgIpc) is 2.37. The standard InChI is InChI=1S/C15H13FINO/c1-9-6-7-11(8-13(9)16)18-15(19)12-5-3-4-10(2)14(12)17/h3-8H,1-2H3,(H,18,19). The minimum absolute atomic E-state index is 0.226. The number of anilines is 1. The molecular weight excluding hydrogens is 356 g/mol. The van der Waals surface area contributed by atoms with Gasteiger partial charge in [0.2, 0.25) is 0 Å². The second-order valence-corrected chi connectivity index (χ2v) is 5.43. The second-order valence-electron chi connectivity index (χ2n) is 4.35. The Labute approximate surface area is 125 Å². The maximum atomic E-state index is 13.4.